The summed E-state index contributed by atoms with van der Waals surface area (Å²) in [6.07, 6.45) is -0.104. The second-order valence-corrected chi connectivity index (χ2v) is 4.16. The fourth-order valence-electron chi connectivity index (χ4n) is 1.78. The number of anilines is 1. The Bertz CT molecular complexity index is 629. The molecular weight excluding hydrogens is 264 g/mol. The molecule has 0 aromatic heterocycles. The SMILES string of the molecule is COc1cc(F)ccc1NC(=O)Cc1ccccc1F. The van der Waals surface area contributed by atoms with Gasteiger partial charge in [-0.25, -0.2) is 8.78 Å². The predicted octanol–water partition coefficient (Wildman–Crippen LogP) is 3.15. The zero-order valence-electron chi connectivity index (χ0n) is 10.8. The molecule has 20 heavy (non-hydrogen) atoms. The van der Waals surface area contributed by atoms with Crippen LogP contribution in [0.1, 0.15) is 5.56 Å². The molecule has 0 saturated heterocycles. The molecule has 0 aliphatic carbocycles. The highest BCUT2D eigenvalue weighted by atomic mass is 19.1. The molecule has 2 rings (SSSR count). The number of carbonyl (C=O) groups excluding carboxylic acids is 1. The number of ether oxygens (including phenoxy) is 1. The maximum Gasteiger partial charge on any atom is 0.229 e. The molecule has 2 aromatic rings. The lowest BCUT2D eigenvalue weighted by Crippen LogP contribution is -2.15. The minimum absolute atomic E-state index is 0.104. The van der Waals surface area contributed by atoms with Crippen molar-refractivity contribution in [3.8, 4) is 5.75 Å². The summed E-state index contributed by atoms with van der Waals surface area (Å²) in [5.41, 5.74) is 0.640. The third-order valence-corrected chi connectivity index (χ3v) is 2.75. The number of nitrogens with one attached hydrogen (secondary N) is 1. The van der Waals surface area contributed by atoms with Gasteiger partial charge in [0.1, 0.15) is 17.4 Å². The van der Waals surface area contributed by atoms with Gasteiger partial charge in [0.05, 0.1) is 19.2 Å². The van der Waals surface area contributed by atoms with E-state index < -0.39 is 17.5 Å². The molecular formula is C15H13F2NO2. The molecule has 104 valence electrons. The van der Waals surface area contributed by atoms with Gasteiger partial charge in [-0.05, 0) is 23.8 Å². The zero-order chi connectivity index (χ0) is 14.5. The van der Waals surface area contributed by atoms with Gasteiger partial charge in [0.2, 0.25) is 5.91 Å². The molecule has 0 fully saturated rings. The van der Waals surface area contributed by atoms with Crippen LogP contribution in [0.5, 0.6) is 5.75 Å². The van der Waals surface area contributed by atoms with E-state index in [9.17, 15) is 13.6 Å². The fraction of sp³-hybridized carbons (Fsp3) is 0.133. The summed E-state index contributed by atoms with van der Waals surface area (Å²) in [4.78, 5) is 11.9. The highest BCUT2D eigenvalue weighted by Gasteiger charge is 2.11. The summed E-state index contributed by atoms with van der Waals surface area (Å²) in [7, 11) is 1.38. The van der Waals surface area contributed by atoms with Crippen molar-refractivity contribution in [3.63, 3.8) is 0 Å². The Morgan fingerprint density at radius 1 is 1.20 bits per heavy atom. The lowest BCUT2D eigenvalue weighted by molar-refractivity contribution is -0.115. The average molecular weight is 277 g/mol. The van der Waals surface area contributed by atoms with E-state index in [0.29, 0.717) is 11.3 Å². The van der Waals surface area contributed by atoms with Crippen molar-refractivity contribution in [3.05, 3.63) is 59.7 Å². The number of benzene rings is 2. The number of rotatable bonds is 4. The number of halogens is 2. The second-order valence-electron chi connectivity index (χ2n) is 4.16. The van der Waals surface area contributed by atoms with Gasteiger partial charge < -0.3 is 10.1 Å². The Balaban J connectivity index is 2.11. The number of methoxy groups -OCH3 is 1. The van der Waals surface area contributed by atoms with Crippen molar-refractivity contribution in [2.75, 3.05) is 12.4 Å². The third kappa shape index (κ3) is 3.32. The molecule has 0 atom stereocenters. The van der Waals surface area contributed by atoms with Crippen LogP contribution in [0.3, 0.4) is 0 Å². The van der Waals surface area contributed by atoms with Crippen molar-refractivity contribution < 1.29 is 18.3 Å². The van der Waals surface area contributed by atoms with Crippen molar-refractivity contribution in [2.45, 2.75) is 6.42 Å². The smallest absolute Gasteiger partial charge is 0.229 e. The lowest BCUT2D eigenvalue weighted by Gasteiger charge is -2.10. The monoisotopic (exact) mass is 277 g/mol. The molecule has 0 aliphatic rings. The maximum absolute atomic E-state index is 13.4. The average Bonchev–Trinajstić information content (AvgIpc) is 2.43. The van der Waals surface area contributed by atoms with Gasteiger partial charge in [-0.1, -0.05) is 18.2 Å². The van der Waals surface area contributed by atoms with Gasteiger partial charge in [-0.3, -0.25) is 4.79 Å². The predicted molar refractivity (Wildman–Crippen MR) is 71.7 cm³/mol. The first-order valence-electron chi connectivity index (χ1n) is 5.97. The standard InChI is InChI=1S/C15H13F2NO2/c1-20-14-9-11(16)6-7-13(14)18-15(19)8-10-4-2-3-5-12(10)17/h2-7,9H,8H2,1H3,(H,18,19). The highest BCUT2D eigenvalue weighted by Crippen LogP contribution is 2.25. The summed E-state index contributed by atoms with van der Waals surface area (Å²) in [5.74, 6) is -1.09. The normalized spacial score (nSPS) is 10.2. The van der Waals surface area contributed by atoms with E-state index in [1.54, 1.807) is 12.1 Å². The van der Waals surface area contributed by atoms with Crippen LogP contribution in [-0.4, -0.2) is 13.0 Å². The van der Waals surface area contributed by atoms with Crippen LogP contribution in [0.4, 0.5) is 14.5 Å². The molecule has 3 nitrogen and oxygen atoms in total. The number of carbonyl (C=O) groups is 1. The molecule has 0 spiro atoms. The second kappa shape index (κ2) is 6.14. The molecule has 0 saturated carbocycles. The minimum atomic E-state index is -0.464. The zero-order valence-corrected chi connectivity index (χ0v) is 10.8. The van der Waals surface area contributed by atoms with E-state index in [0.717, 1.165) is 0 Å². The molecule has 2 aromatic carbocycles. The van der Waals surface area contributed by atoms with Crippen molar-refractivity contribution in [1.29, 1.82) is 0 Å². The number of hydrogen-bond acceptors (Lipinski definition) is 2. The number of hydrogen-bond donors (Lipinski definition) is 1. The Morgan fingerprint density at radius 2 is 1.95 bits per heavy atom. The van der Waals surface area contributed by atoms with Crippen LogP contribution in [0.2, 0.25) is 0 Å². The van der Waals surface area contributed by atoms with Crippen molar-refractivity contribution in [1.82, 2.24) is 0 Å². The van der Waals surface area contributed by atoms with E-state index in [-0.39, 0.29) is 12.2 Å². The van der Waals surface area contributed by atoms with Crippen LogP contribution < -0.4 is 10.1 Å². The first-order valence-corrected chi connectivity index (χ1v) is 5.97. The molecule has 0 radical (unpaired) electrons. The fourth-order valence-corrected chi connectivity index (χ4v) is 1.78. The number of amides is 1. The molecule has 1 N–H and O–H groups in total. The van der Waals surface area contributed by atoms with Gasteiger partial charge in [0.15, 0.2) is 0 Å². The van der Waals surface area contributed by atoms with E-state index >= 15 is 0 Å². The summed E-state index contributed by atoms with van der Waals surface area (Å²) in [6, 6.07) is 9.81. The van der Waals surface area contributed by atoms with E-state index in [4.69, 9.17) is 4.74 Å². The van der Waals surface area contributed by atoms with Crippen LogP contribution in [0, 0.1) is 11.6 Å². The topological polar surface area (TPSA) is 38.3 Å². The molecule has 0 unspecified atom stereocenters. The Hall–Kier alpha value is -2.43. The molecule has 0 aliphatic heterocycles. The van der Waals surface area contributed by atoms with Gasteiger partial charge in [0, 0.05) is 6.07 Å². The van der Waals surface area contributed by atoms with Gasteiger partial charge in [-0.15, -0.1) is 0 Å². The summed E-state index contributed by atoms with van der Waals surface area (Å²) >= 11 is 0. The lowest BCUT2D eigenvalue weighted by atomic mass is 10.1. The highest BCUT2D eigenvalue weighted by molar-refractivity contribution is 5.93. The van der Waals surface area contributed by atoms with Crippen LogP contribution in [-0.2, 0) is 11.2 Å². The Morgan fingerprint density at radius 3 is 2.65 bits per heavy atom. The molecule has 0 bridgehead atoms. The third-order valence-electron chi connectivity index (χ3n) is 2.75. The molecule has 0 heterocycles. The summed E-state index contributed by atoms with van der Waals surface area (Å²) in [6.45, 7) is 0. The first-order chi connectivity index (χ1) is 9.60. The van der Waals surface area contributed by atoms with Crippen LogP contribution in [0.25, 0.3) is 0 Å². The Kier molecular flexibility index (Phi) is 4.30. The van der Waals surface area contributed by atoms with E-state index in [1.807, 2.05) is 0 Å². The van der Waals surface area contributed by atoms with Gasteiger partial charge >= 0.3 is 0 Å². The summed E-state index contributed by atoms with van der Waals surface area (Å²) in [5, 5.41) is 2.57. The molecule has 1 amide bonds. The first kappa shape index (κ1) is 14.0. The van der Waals surface area contributed by atoms with E-state index in [1.165, 1.54) is 37.4 Å². The van der Waals surface area contributed by atoms with Crippen molar-refractivity contribution >= 4 is 11.6 Å². The Labute approximate surface area is 115 Å². The molecule has 5 heteroatoms. The van der Waals surface area contributed by atoms with Crippen LogP contribution in [0.15, 0.2) is 42.5 Å². The maximum atomic E-state index is 13.4. The van der Waals surface area contributed by atoms with E-state index in [2.05, 4.69) is 5.32 Å². The van der Waals surface area contributed by atoms with Gasteiger partial charge in [0.25, 0.3) is 0 Å². The van der Waals surface area contributed by atoms with Gasteiger partial charge in [-0.2, -0.15) is 0 Å². The largest absolute Gasteiger partial charge is 0.494 e. The quantitative estimate of drug-likeness (QED) is 0.932. The van der Waals surface area contributed by atoms with Crippen molar-refractivity contribution in [2.24, 2.45) is 0 Å². The van der Waals surface area contributed by atoms with Crippen LogP contribution >= 0.6 is 0 Å². The minimum Gasteiger partial charge on any atom is -0.494 e. The summed E-state index contributed by atoms with van der Waals surface area (Å²) < 4.78 is 31.4.